The van der Waals surface area contributed by atoms with Gasteiger partial charge in [-0.1, -0.05) is 11.6 Å². The molecule has 17 heteroatoms. The average Bonchev–Trinajstić information content (AvgIpc) is 3.69. The number of halogens is 3. The third kappa shape index (κ3) is 9.03. The van der Waals surface area contributed by atoms with Crippen LogP contribution in [-0.2, 0) is 30.3 Å². The number of likely N-dealkylation sites (N-methyl/N-ethyl adjacent to an activating group) is 1. The van der Waals surface area contributed by atoms with E-state index in [1.165, 1.54) is 46.3 Å². The Morgan fingerprint density at radius 2 is 1.61 bits per heavy atom. The lowest BCUT2D eigenvalue weighted by molar-refractivity contribution is -0.895. The van der Waals surface area contributed by atoms with Gasteiger partial charge in [0.1, 0.15) is 16.6 Å². The summed E-state index contributed by atoms with van der Waals surface area (Å²) in [4.78, 5) is 45.9. The normalized spacial score (nSPS) is 26.4. The SMILES string of the molecule is CC(C)(C)OC(=O)N[C@@H]1CC(=O)N(c2ccc(S(=O)(=O)N3CCN(c4cc(C(F)(F)C5CCC(NC(=O)[C@@H]6CC7(CC7)C[N+]6(C)C)CC5)cc(Cl)n4)CC3)cc2)C1. The Balaban J connectivity index is 0.922. The number of quaternary nitrogens is 1. The van der Waals surface area contributed by atoms with Crippen LogP contribution in [0.3, 0.4) is 0 Å². The highest BCUT2D eigenvalue weighted by atomic mass is 35.5. The van der Waals surface area contributed by atoms with Crippen molar-refractivity contribution in [3.63, 3.8) is 0 Å². The van der Waals surface area contributed by atoms with E-state index in [9.17, 15) is 22.8 Å². The van der Waals surface area contributed by atoms with Gasteiger partial charge in [0.05, 0.1) is 31.6 Å². The van der Waals surface area contributed by atoms with Gasteiger partial charge in [-0.15, -0.1) is 0 Å². The van der Waals surface area contributed by atoms with Gasteiger partial charge >= 0.3 is 6.09 Å². The number of carbonyl (C=O) groups is 3. The Hall–Kier alpha value is -3.60. The second kappa shape index (κ2) is 15.2. The quantitative estimate of drug-likeness (QED) is 0.257. The number of alkyl carbamates (subject to hydrolysis) is 1. The van der Waals surface area contributed by atoms with E-state index < -0.39 is 39.6 Å². The van der Waals surface area contributed by atoms with Crippen LogP contribution in [0.4, 0.5) is 25.1 Å². The minimum atomic E-state index is -3.91. The molecule has 0 unspecified atom stereocenters. The van der Waals surface area contributed by atoms with Crippen molar-refractivity contribution < 1.29 is 40.8 Å². The first-order chi connectivity index (χ1) is 26.6. The number of sulfonamides is 1. The van der Waals surface area contributed by atoms with E-state index in [2.05, 4.69) is 29.7 Å². The van der Waals surface area contributed by atoms with Crippen LogP contribution in [0.25, 0.3) is 0 Å². The molecule has 2 N–H and O–H groups in total. The Bertz CT molecular complexity index is 1980. The number of likely N-dealkylation sites (tertiary alicyclic amines) is 1. The van der Waals surface area contributed by atoms with E-state index in [4.69, 9.17) is 16.3 Å². The fourth-order valence-corrected chi connectivity index (χ4v) is 10.9. The predicted molar refractivity (Wildman–Crippen MR) is 212 cm³/mol. The van der Waals surface area contributed by atoms with Crippen LogP contribution in [0.15, 0.2) is 41.3 Å². The number of nitrogens with one attached hydrogen (secondary N) is 2. The third-order valence-corrected chi connectivity index (χ3v) is 14.5. The zero-order chi connectivity index (χ0) is 41.1. The van der Waals surface area contributed by atoms with Crippen molar-refractivity contribution in [3.05, 3.63) is 47.1 Å². The van der Waals surface area contributed by atoms with Crippen molar-refractivity contribution >= 4 is 51.0 Å². The summed E-state index contributed by atoms with van der Waals surface area (Å²) in [5.41, 5.74) is -0.0823. The molecule has 2 atom stereocenters. The monoisotopic (exact) mass is 834 g/mol. The van der Waals surface area contributed by atoms with Crippen molar-refractivity contribution in [2.24, 2.45) is 11.3 Å². The molecule has 312 valence electrons. The molecule has 57 heavy (non-hydrogen) atoms. The van der Waals surface area contributed by atoms with E-state index in [-0.39, 0.29) is 97.3 Å². The number of nitrogens with zero attached hydrogens (tertiary/aromatic N) is 5. The molecule has 5 aliphatic rings. The maximum Gasteiger partial charge on any atom is 0.407 e. The van der Waals surface area contributed by atoms with Crippen LogP contribution in [-0.4, -0.2) is 117 Å². The Morgan fingerprint density at radius 1 is 0.965 bits per heavy atom. The predicted octanol–water partition coefficient (Wildman–Crippen LogP) is 5.27. The number of aromatic nitrogens is 1. The highest BCUT2D eigenvalue weighted by Gasteiger charge is 2.60. The molecule has 1 aromatic heterocycles. The highest BCUT2D eigenvalue weighted by Crippen LogP contribution is 2.56. The summed E-state index contributed by atoms with van der Waals surface area (Å²) < 4.78 is 66.9. The molecule has 0 bridgehead atoms. The van der Waals surface area contributed by atoms with Gasteiger partial charge in [-0.25, -0.2) is 27.0 Å². The summed E-state index contributed by atoms with van der Waals surface area (Å²) in [5.74, 6) is -4.00. The van der Waals surface area contributed by atoms with E-state index in [1.807, 2.05) is 0 Å². The van der Waals surface area contributed by atoms with Gasteiger partial charge in [-0.2, -0.15) is 4.31 Å². The fraction of sp³-hybridized carbons (Fsp3) is 0.650. The van der Waals surface area contributed by atoms with Crippen LogP contribution >= 0.6 is 11.6 Å². The first-order valence-electron chi connectivity index (χ1n) is 20.0. The number of hydrogen-bond donors (Lipinski definition) is 2. The van der Waals surface area contributed by atoms with Crippen molar-refractivity contribution in [2.75, 3.05) is 63.2 Å². The zero-order valence-corrected chi connectivity index (χ0v) is 35.0. The van der Waals surface area contributed by atoms with Gasteiger partial charge in [0.15, 0.2) is 6.04 Å². The lowest BCUT2D eigenvalue weighted by Gasteiger charge is -2.37. The molecule has 5 fully saturated rings. The molecule has 3 amide bonds. The van der Waals surface area contributed by atoms with Gasteiger partial charge in [0, 0.05) is 74.2 Å². The summed E-state index contributed by atoms with van der Waals surface area (Å²) in [6, 6.07) is 7.93. The minimum Gasteiger partial charge on any atom is -0.444 e. The van der Waals surface area contributed by atoms with E-state index in [0.29, 0.717) is 28.4 Å². The van der Waals surface area contributed by atoms with Gasteiger partial charge in [-0.05, 0) is 95.7 Å². The van der Waals surface area contributed by atoms with Gasteiger partial charge in [0.2, 0.25) is 15.9 Å². The van der Waals surface area contributed by atoms with Crippen LogP contribution in [0.5, 0.6) is 0 Å². The zero-order valence-electron chi connectivity index (χ0n) is 33.4. The van der Waals surface area contributed by atoms with Crippen molar-refractivity contribution in [1.82, 2.24) is 19.9 Å². The van der Waals surface area contributed by atoms with Crippen LogP contribution in [0.1, 0.15) is 77.7 Å². The third-order valence-electron chi connectivity index (χ3n) is 12.4. The molecular weight excluding hydrogens is 780 g/mol. The largest absolute Gasteiger partial charge is 0.444 e. The summed E-state index contributed by atoms with van der Waals surface area (Å²) in [6.45, 7) is 7.10. The van der Waals surface area contributed by atoms with Crippen LogP contribution in [0.2, 0.25) is 5.15 Å². The van der Waals surface area contributed by atoms with E-state index in [1.54, 1.807) is 37.8 Å². The van der Waals surface area contributed by atoms with Crippen molar-refractivity contribution in [3.8, 4) is 0 Å². The Labute approximate surface area is 339 Å². The Kier molecular flexibility index (Phi) is 11.1. The second-order valence-corrected chi connectivity index (χ2v) is 20.6. The smallest absolute Gasteiger partial charge is 0.407 e. The average molecular weight is 835 g/mol. The molecule has 2 saturated carbocycles. The maximum absolute atomic E-state index is 16.2. The van der Waals surface area contributed by atoms with Crippen molar-refractivity contribution in [1.29, 1.82) is 0 Å². The second-order valence-electron chi connectivity index (χ2n) is 18.3. The minimum absolute atomic E-state index is 0.0380. The molecule has 2 aliphatic carbocycles. The first-order valence-corrected chi connectivity index (χ1v) is 21.8. The van der Waals surface area contributed by atoms with Crippen LogP contribution < -0.4 is 20.4 Å². The number of ether oxygens (including phenoxy) is 1. The molecule has 0 radical (unpaired) electrons. The molecule has 3 saturated heterocycles. The number of benzene rings is 1. The summed E-state index contributed by atoms with van der Waals surface area (Å²) in [5, 5.41) is 5.85. The van der Waals surface area contributed by atoms with Gasteiger partial charge < -0.3 is 29.7 Å². The summed E-state index contributed by atoms with van der Waals surface area (Å²) >= 11 is 6.33. The van der Waals surface area contributed by atoms with E-state index >= 15 is 8.78 Å². The van der Waals surface area contributed by atoms with E-state index in [0.717, 1.165) is 13.0 Å². The lowest BCUT2D eigenvalue weighted by Crippen LogP contribution is -2.54. The molecule has 1 aromatic carbocycles. The summed E-state index contributed by atoms with van der Waals surface area (Å²) in [6.07, 6.45) is 4.21. The molecule has 7 rings (SSSR count). The number of rotatable bonds is 9. The number of hydrogen-bond acceptors (Lipinski definition) is 8. The Morgan fingerprint density at radius 3 is 2.21 bits per heavy atom. The fourth-order valence-electron chi connectivity index (χ4n) is 9.25. The van der Waals surface area contributed by atoms with Gasteiger partial charge in [0.25, 0.3) is 11.8 Å². The number of piperazine rings is 1. The van der Waals surface area contributed by atoms with Crippen LogP contribution in [0, 0.1) is 11.3 Å². The molecule has 4 heterocycles. The number of anilines is 2. The first kappa shape index (κ1) is 41.6. The molecule has 3 aliphatic heterocycles. The van der Waals surface area contributed by atoms with Crippen molar-refractivity contribution in [2.45, 2.75) is 107 Å². The van der Waals surface area contributed by atoms with Gasteiger partial charge in [-0.3, -0.25) is 9.59 Å². The molecule has 1 spiro atoms. The molecular formula is C40H55ClF2N7O6S+. The standard InChI is InChI=1S/C40H54ClF2N7O6S/c1-38(2,3)56-37(53)45-29-22-35(51)49(24-29)30-10-12-31(13-11-30)57(54,55)48-18-16-47(17-19-48)34-21-27(20-33(41)46-34)40(42,43)26-6-8-28(9-7-26)44-36(52)32-23-39(14-15-39)25-50(32,4)5/h10-13,20-21,26,28-29,32H,6-9,14-19,22-25H2,1-5H3,(H-,44,45,52,53)/p+1/t26?,28?,29-,32+/m1/s1. The maximum atomic E-state index is 16.2. The number of amides is 3. The molecule has 13 nitrogen and oxygen atoms in total. The number of carbonyl (C=O) groups excluding carboxylic acids is 3. The lowest BCUT2D eigenvalue weighted by atomic mass is 9.80. The number of alkyl halides is 2. The topological polar surface area (TPSA) is 141 Å². The molecule has 2 aromatic rings. The number of pyridine rings is 1. The summed E-state index contributed by atoms with van der Waals surface area (Å²) in [7, 11) is 0.308. The highest BCUT2D eigenvalue weighted by molar-refractivity contribution is 7.89.